The van der Waals surface area contributed by atoms with Crippen LogP contribution in [-0.4, -0.2) is 33.7 Å². The summed E-state index contributed by atoms with van der Waals surface area (Å²) in [5, 5.41) is 16.3. The quantitative estimate of drug-likeness (QED) is 0.638. The van der Waals surface area contributed by atoms with E-state index in [1.165, 1.54) is 6.20 Å². The number of carbonyl (C=O) groups excluding carboxylic acids is 1. The molecule has 0 aromatic carbocycles. The van der Waals surface area contributed by atoms with E-state index in [1.807, 2.05) is 0 Å². The van der Waals surface area contributed by atoms with Gasteiger partial charge in [-0.05, 0) is 0 Å². The number of amides is 1. The maximum Gasteiger partial charge on any atom is 0.322 e. The molecule has 1 amide bonds. The second-order valence-electron chi connectivity index (χ2n) is 2.17. The highest BCUT2D eigenvalue weighted by molar-refractivity contribution is 6.32. The number of aromatic amines is 1. The highest BCUT2D eigenvalue weighted by atomic mass is 35.5. The number of aromatic nitrogens is 2. The molecule has 1 rings (SSSR count). The van der Waals surface area contributed by atoms with Gasteiger partial charge in [0, 0.05) is 0 Å². The van der Waals surface area contributed by atoms with Gasteiger partial charge < -0.3 is 10.4 Å². The van der Waals surface area contributed by atoms with Crippen molar-refractivity contribution in [3.63, 3.8) is 0 Å². The number of nitrogens with one attached hydrogen (secondary N) is 2. The van der Waals surface area contributed by atoms with E-state index < -0.39 is 18.4 Å². The smallest absolute Gasteiger partial charge is 0.322 e. The molecule has 1 aromatic heterocycles. The molecular weight excluding hydrogens is 198 g/mol. The highest BCUT2D eigenvalue weighted by Crippen LogP contribution is 2.09. The van der Waals surface area contributed by atoms with Crippen LogP contribution in [0.4, 0.5) is 0 Å². The predicted octanol–water partition coefficient (Wildman–Crippen LogP) is -0.122. The van der Waals surface area contributed by atoms with Crippen LogP contribution in [0.5, 0.6) is 0 Å². The fourth-order valence-electron chi connectivity index (χ4n) is 0.680. The molecule has 0 radical (unpaired) electrons. The topological polar surface area (TPSA) is 95.1 Å². The van der Waals surface area contributed by atoms with Crippen molar-refractivity contribution < 1.29 is 14.7 Å². The average Bonchev–Trinajstić information content (AvgIpc) is 2.47. The summed E-state index contributed by atoms with van der Waals surface area (Å²) in [6.45, 7) is -0.444. The van der Waals surface area contributed by atoms with Crippen LogP contribution >= 0.6 is 11.6 Å². The van der Waals surface area contributed by atoms with E-state index in [0.29, 0.717) is 0 Å². The number of hydrogen-bond donors (Lipinski definition) is 3. The predicted molar refractivity (Wildman–Crippen MR) is 43.6 cm³/mol. The van der Waals surface area contributed by atoms with Crippen LogP contribution in [0, 0.1) is 0 Å². The summed E-state index contributed by atoms with van der Waals surface area (Å²) in [5.74, 6) is -1.69. The molecule has 0 bridgehead atoms. The first-order valence-corrected chi connectivity index (χ1v) is 3.68. The van der Waals surface area contributed by atoms with Gasteiger partial charge >= 0.3 is 5.97 Å². The summed E-state index contributed by atoms with van der Waals surface area (Å²) >= 11 is 5.52. The zero-order valence-electron chi connectivity index (χ0n) is 6.37. The Morgan fingerprint density at radius 1 is 1.69 bits per heavy atom. The van der Waals surface area contributed by atoms with Gasteiger partial charge in [-0.3, -0.25) is 14.7 Å². The number of halogens is 1. The second-order valence-corrected chi connectivity index (χ2v) is 2.55. The van der Waals surface area contributed by atoms with Crippen LogP contribution in [0.15, 0.2) is 6.20 Å². The van der Waals surface area contributed by atoms with Gasteiger partial charge in [-0.25, -0.2) is 0 Å². The summed E-state index contributed by atoms with van der Waals surface area (Å²) < 4.78 is 0. The van der Waals surface area contributed by atoms with Gasteiger partial charge in [-0.1, -0.05) is 11.6 Å². The van der Waals surface area contributed by atoms with Crippen molar-refractivity contribution in [2.45, 2.75) is 0 Å². The third-order valence-electron chi connectivity index (χ3n) is 1.24. The van der Waals surface area contributed by atoms with Gasteiger partial charge in [0.05, 0.1) is 11.8 Å². The van der Waals surface area contributed by atoms with Crippen molar-refractivity contribution in [1.29, 1.82) is 0 Å². The van der Waals surface area contributed by atoms with Crippen LogP contribution in [0.1, 0.15) is 10.4 Å². The standard InChI is InChI=1S/C6H6ClN3O3/c7-5-3(1-9-10-5)6(13)8-2-4(11)12/h1H,2H2,(H,8,13)(H,9,10)(H,11,12). The fourth-order valence-corrected chi connectivity index (χ4v) is 0.863. The molecule has 0 aliphatic rings. The van der Waals surface area contributed by atoms with Gasteiger partial charge in [0.15, 0.2) is 0 Å². The van der Waals surface area contributed by atoms with E-state index in [4.69, 9.17) is 16.7 Å². The minimum atomic E-state index is -1.12. The Balaban J connectivity index is 2.59. The number of nitrogens with zero attached hydrogens (tertiary/aromatic N) is 1. The van der Waals surface area contributed by atoms with Gasteiger partial charge in [-0.2, -0.15) is 5.10 Å². The first kappa shape index (κ1) is 9.53. The summed E-state index contributed by atoms with van der Waals surface area (Å²) in [7, 11) is 0. The van der Waals surface area contributed by atoms with Crippen LogP contribution < -0.4 is 5.32 Å². The molecule has 0 unspecified atom stereocenters. The molecule has 1 heterocycles. The molecule has 0 saturated carbocycles. The Bertz CT molecular complexity index is 336. The lowest BCUT2D eigenvalue weighted by Gasteiger charge is -1.98. The minimum absolute atomic E-state index is 0.0860. The number of aliphatic carboxylic acids is 1. The summed E-state index contributed by atoms with van der Waals surface area (Å²) in [5.41, 5.74) is 0.128. The fraction of sp³-hybridized carbons (Fsp3) is 0.167. The molecule has 13 heavy (non-hydrogen) atoms. The van der Waals surface area contributed by atoms with Gasteiger partial charge in [-0.15, -0.1) is 0 Å². The van der Waals surface area contributed by atoms with Gasteiger partial charge in [0.2, 0.25) is 0 Å². The zero-order valence-corrected chi connectivity index (χ0v) is 7.13. The van der Waals surface area contributed by atoms with E-state index in [-0.39, 0.29) is 10.7 Å². The van der Waals surface area contributed by atoms with E-state index in [2.05, 4.69) is 15.5 Å². The van der Waals surface area contributed by atoms with E-state index >= 15 is 0 Å². The van der Waals surface area contributed by atoms with E-state index in [0.717, 1.165) is 0 Å². The van der Waals surface area contributed by atoms with Crippen molar-refractivity contribution in [1.82, 2.24) is 15.5 Å². The first-order valence-electron chi connectivity index (χ1n) is 3.30. The lowest BCUT2D eigenvalue weighted by atomic mass is 10.3. The molecule has 0 spiro atoms. The monoisotopic (exact) mass is 203 g/mol. The number of carboxylic acids is 1. The molecule has 1 aromatic rings. The Labute approximate surface area is 77.9 Å². The second kappa shape index (κ2) is 3.90. The van der Waals surface area contributed by atoms with Crippen molar-refractivity contribution in [3.05, 3.63) is 16.9 Å². The number of H-pyrrole nitrogens is 1. The average molecular weight is 204 g/mol. The minimum Gasteiger partial charge on any atom is -0.480 e. The molecule has 0 aliphatic carbocycles. The SMILES string of the molecule is O=C(O)CNC(=O)c1cn[nH]c1Cl. The van der Waals surface area contributed by atoms with Gasteiger partial charge in [0.25, 0.3) is 5.91 Å². The Hall–Kier alpha value is -1.56. The van der Waals surface area contributed by atoms with Crippen molar-refractivity contribution in [2.24, 2.45) is 0 Å². The molecule has 70 valence electrons. The van der Waals surface area contributed by atoms with Crippen LogP contribution in [-0.2, 0) is 4.79 Å². The molecule has 0 atom stereocenters. The third-order valence-corrected chi connectivity index (χ3v) is 1.53. The van der Waals surface area contributed by atoms with Crippen molar-refractivity contribution >= 4 is 23.5 Å². The van der Waals surface area contributed by atoms with E-state index in [1.54, 1.807) is 0 Å². The molecule has 0 saturated heterocycles. The Kier molecular flexibility index (Phi) is 2.86. The van der Waals surface area contributed by atoms with Crippen LogP contribution in [0.3, 0.4) is 0 Å². The molecule has 0 fully saturated rings. The largest absolute Gasteiger partial charge is 0.480 e. The van der Waals surface area contributed by atoms with Crippen LogP contribution in [0.2, 0.25) is 5.15 Å². The first-order chi connectivity index (χ1) is 6.11. The highest BCUT2D eigenvalue weighted by Gasteiger charge is 2.12. The summed E-state index contributed by atoms with van der Waals surface area (Å²) in [6, 6.07) is 0. The lowest BCUT2D eigenvalue weighted by molar-refractivity contribution is -0.135. The van der Waals surface area contributed by atoms with Crippen molar-refractivity contribution in [3.8, 4) is 0 Å². The van der Waals surface area contributed by atoms with Crippen LogP contribution in [0.25, 0.3) is 0 Å². The summed E-state index contributed by atoms with van der Waals surface area (Å²) in [6.07, 6.45) is 1.22. The normalized spacial score (nSPS) is 9.62. The maximum absolute atomic E-state index is 11.1. The summed E-state index contributed by atoms with van der Waals surface area (Å²) in [4.78, 5) is 21.2. The molecule has 7 heteroatoms. The Morgan fingerprint density at radius 2 is 2.38 bits per heavy atom. The number of carbonyl (C=O) groups is 2. The van der Waals surface area contributed by atoms with Crippen molar-refractivity contribution in [2.75, 3.05) is 6.54 Å². The zero-order chi connectivity index (χ0) is 9.84. The molecule has 3 N–H and O–H groups in total. The Morgan fingerprint density at radius 3 is 2.85 bits per heavy atom. The van der Waals surface area contributed by atoms with E-state index in [9.17, 15) is 9.59 Å². The maximum atomic E-state index is 11.1. The molecule has 6 nitrogen and oxygen atoms in total. The lowest BCUT2D eigenvalue weighted by Crippen LogP contribution is -2.29. The number of rotatable bonds is 3. The number of carboxylic acid groups (broad SMARTS) is 1. The number of hydrogen-bond acceptors (Lipinski definition) is 3. The molecular formula is C6H6ClN3O3. The van der Waals surface area contributed by atoms with Gasteiger partial charge in [0.1, 0.15) is 11.7 Å². The molecule has 0 aliphatic heterocycles. The third kappa shape index (κ3) is 2.45.